The first-order valence-electron chi connectivity index (χ1n) is 6.14. The number of hydrogen-bond donors (Lipinski definition) is 4. The summed E-state index contributed by atoms with van der Waals surface area (Å²) in [7, 11) is 1.18. The number of carbonyl (C=O) groups is 2. The number of nitrogens with zero attached hydrogens (tertiary/aromatic N) is 1. The Morgan fingerprint density at radius 2 is 2.05 bits per heavy atom. The molecule has 2 fully saturated rings. The van der Waals surface area contributed by atoms with E-state index in [2.05, 4.69) is 5.32 Å². The van der Waals surface area contributed by atoms with E-state index in [-0.39, 0.29) is 13.0 Å². The van der Waals surface area contributed by atoms with Crippen LogP contribution in [0.5, 0.6) is 0 Å². The van der Waals surface area contributed by atoms with E-state index < -0.39 is 35.9 Å². The summed E-state index contributed by atoms with van der Waals surface area (Å²) < 4.78 is 4.71. The van der Waals surface area contributed by atoms with Gasteiger partial charge in [-0.15, -0.1) is 0 Å². The molecule has 0 aromatic heterocycles. The van der Waals surface area contributed by atoms with E-state index in [1.54, 1.807) is 0 Å². The molecule has 8 nitrogen and oxygen atoms in total. The van der Waals surface area contributed by atoms with E-state index in [0.717, 1.165) is 0 Å². The third-order valence-corrected chi connectivity index (χ3v) is 3.86. The topological polar surface area (TPSA) is 119 Å². The molecular formula is C11H18N2O6. The molecule has 0 saturated carbocycles. The number of aliphatic hydroxyl groups is 2. The molecule has 2 rings (SSSR count). The number of carbonyl (C=O) groups excluding carboxylic acids is 1. The van der Waals surface area contributed by atoms with E-state index >= 15 is 0 Å². The van der Waals surface area contributed by atoms with Crippen LogP contribution in [0.2, 0.25) is 0 Å². The Labute approximate surface area is 110 Å². The van der Waals surface area contributed by atoms with Crippen LogP contribution in [0.25, 0.3) is 0 Å². The lowest BCUT2D eigenvalue weighted by atomic mass is 10.0. The van der Waals surface area contributed by atoms with Gasteiger partial charge in [0.25, 0.3) is 0 Å². The number of carboxylic acid groups (broad SMARTS) is 1. The third-order valence-electron chi connectivity index (χ3n) is 3.86. The van der Waals surface area contributed by atoms with Crippen LogP contribution in [0.1, 0.15) is 12.8 Å². The molecule has 2 saturated heterocycles. The first kappa shape index (κ1) is 14.2. The lowest BCUT2D eigenvalue weighted by Gasteiger charge is -2.40. The summed E-state index contributed by atoms with van der Waals surface area (Å²) in [5.41, 5.74) is -1.59. The number of aliphatic hydroxyl groups excluding tert-OH is 2. The zero-order valence-corrected chi connectivity index (χ0v) is 10.6. The van der Waals surface area contributed by atoms with Crippen LogP contribution in [0, 0.1) is 0 Å². The number of aliphatic carboxylic acids is 1. The highest BCUT2D eigenvalue weighted by atomic mass is 16.5. The minimum atomic E-state index is -1.59. The number of esters is 1. The Balaban J connectivity index is 2.39. The Bertz CT molecular complexity index is 389. The Hall–Kier alpha value is -1.22. The van der Waals surface area contributed by atoms with Gasteiger partial charge in [-0.05, 0) is 12.8 Å². The SMILES string of the molecule is COC(=O)[C@@]1(N2CCC(O)[C@H]2C(=O)O)NCC[C@@H]1O. The van der Waals surface area contributed by atoms with Gasteiger partial charge in [0.2, 0.25) is 0 Å². The molecule has 8 heteroatoms. The Morgan fingerprint density at radius 1 is 1.37 bits per heavy atom. The summed E-state index contributed by atoms with van der Waals surface area (Å²) in [6, 6.07) is -1.24. The first-order chi connectivity index (χ1) is 8.95. The number of ether oxygens (including phenoxy) is 1. The summed E-state index contributed by atoms with van der Waals surface area (Å²) in [5, 5.41) is 31.9. The molecule has 4 atom stereocenters. The predicted molar refractivity (Wildman–Crippen MR) is 62.1 cm³/mol. The van der Waals surface area contributed by atoms with Crippen molar-refractivity contribution in [2.45, 2.75) is 36.8 Å². The molecule has 0 aliphatic carbocycles. The Kier molecular flexibility index (Phi) is 3.77. The van der Waals surface area contributed by atoms with Gasteiger partial charge in [0.1, 0.15) is 6.04 Å². The normalized spacial score (nSPS) is 39.4. The second-order valence-corrected chi connectivity index (χ2v) is 4.82. The molecule has 0 aromatic rings. The van der Waals surface area contributed by atoms with Crippen LogP contribution in [0.4, 0.5) is 0 Å². The molecule has 0 bridgehead atoms. The highest BCUT2D eigenvalue weighted by Gasteiger charge is 2.60. The number of rotatable bonds is 3. The van der Waals surface area contributed by atoms with Gasteiger partial charge < -0.3 is 20.1 Å². The molecule has 2 heterocycles. The van der Waals surface area contributed by atoms with E-state index in [1.165, 1.54) is 12.0 Å². The maximum absolute atomic E-state index is 12.0. The molecule has 2 aliphatic heterocycles. The number of hydrogen-bond acceptors (Lipinski definition) is 7. The summed E-state index contributed by atoms with van der Waals surface area (Å²) in [4.78, 5) is 24.6. The first-order valence-corrected chi connectivity index (χ1v) is 6.14. The van der Waals surface area contributed by atoms with Gasteiger partial charge in [-0.2, -0.15) is 0 Å². The molecule has 0 aromatic carbocycles. The fourth-order valence-electron chi connectivity index (χ4n) is 2.97. The maximum Gasteiger partial charge on any atom is 0.344 e. The van der Waals surface area contributed by atoms with Crippen molar-refractivity contribution >= 4 is 11.9 Å². The van der Waals surface area contributed by atoms with Crippen LogP contribution in [-0.4, -0.2) is 76.3 Å². The summed E-state index contributed by atoms with van der Waals surface area (Å²) in [5.74, 6) is -1.97. The van der Waals surface area contributed by atoms with Crippen molar-refractivity contribution in [2.24, 2.45) is 0 Å². The average molecular weight is 274 g/mol. The van der Waals surface area contributed by atoms with E-state index in [4.69, 9.17) is 4.74 Å². The lowest BCUT2D eigenvalue weighted by molar-refractivity contribution is -0.171. The fourth-order valence-corrected chi connectivity index (χ4v) is 2.97. The molecule has 19 heavy (non-hydrogen) atoms. The van der Waals surface area contributed by atoms with Crippen LogP contribution < -0.4 is 5.32 Å². The molecule has 0 amide bonds. The summed E-state index contributed by atoms with van der Waals surface area (Å²) in [6.45, 7) is 0.562. The van der Waals surface area contributed by atoms with Crippen molar-refractivity contribution < 1.29 is 29.6 Å². The van der Waals surface area contributed by atoms with Gasteiger partial charge >= 0.3 is 11.9 Å². The van der Waals surface area contributed by atoms with Gasteiger partial charge in [0.15, 0.2) is 5.66 Å². The van der Waals surface area contributed by atoms with Gasteiger partial charge in [-0.3, -0.25) is 15.0 Å². The van der Waals surface area contributed by atoms with Crippen molar-refractivity contribution in [1.82, 2.24) is 10.2 Å². The maximum atomic E-state index is 12.0. The van der Waals surface area contributed by atoms with Crippen LogP contribution in [0.15, 0.2) is 0 Å². The minimum Gasteiger partial charge on any atom is -0.480 e. The second kappa shape index (κ2) is 5.04. The van der Waals surface area contributed by atoms with Gasteiger partial charge in [-0.1, -0.05) is 0 Å². The summed E-state index contributed by atoms with van der Waals surface area (Å²) >= 11 is 0. The number of likely N-dealkylation sites (tertiary alicyclic amines) is 1. The third kappa shape index (κ3) is 2.00. The molecule has 4 N–H and O–H groups in total. The van der Waals surface area contributed by atoms with Crippen molar-refractivity contribution in [3.8, 4) is 0 Å². The van der Waals surface area contributed by atoms with Crippen molar-refractivity contribution in [3.63, 3.8) is 0 Å². The monoisotopic (exact) mass is 274 g/mol. The van der Waals surface area contributed by atoms with E-state index in [0.29, 0.717) is 13.0 Å². The van der Waals surface area contributed by atoms with Gasteiger partial charge in [0.05, 0.1) is 19.3 Å². The smallest absolute Gasteiger partial charge is 0.344 e. The van der Waals surface area contributed by atoms with Crippen LogP contribution in [-0.2, 0) is 14.3 Å². The van der Waals surface area contributed by atoms with E-state index in [9.17, 15) is 24.9 Å². The highest BCUT2D eigenvalue weighted by molar-refractivity contribution is 5.84. The number of nitrogens with one attached hydrogen (secondary N) is 1. The molecule has 2 aliphatic rings. The summed E-state index contributed by atoms with van der Waals surface area (Å²) in [6.07, 6.45) is -1.61. The minimum absolute atomic E-state index is 0.192. The Morgan fingerprint density at radius 3 is 2.53 bits per heavy atom. The zero-order valence-electron chi connectivity index (χ0n) is 10.6. The largest absolute Gasteiger partial charge is 0.480 e. The fraction of sp³-hybridized carbons (Fsp3) is 0.818. The lowest BCUT2D eigenvalue weighted by Crippen LogP contribution is -2.69. The molecule has 0 spiro atoms. The van der Waals surface area contributed by atoms with Crippen molar-refractivity contribution in [2.75, 3.05) is 20.2 Å². The second-order valence-electron chi connectivity index (χ2n) is 4.82. The molecular weight excluding hydrogens is 256 g/mol. The zero-order chi connectivity index (χ0) is 14.2. The molecule has 108 valence electrons. The van der Waals surface area contributed by atoms with Gasteiger partial charge in [-0.25, -0.2) is 4.79 Å². The quantitative estimate of drug-likeness (QED) is 0.425. The number of methoxy groups -OCH3 is 1. The standard InChI is InChI=1S/C11H18N2O6/c1-19-10(18)11(7(15)2-4-12-11)13-5-3-6(14)8(13)9(16)17/h6-8,12,14-15H,2-5H2,1H3,(H,16,17)/t6?,7-,8-,11+/m0/s1. The number of carboxylic acids is 1. The molecule has 1 unspecified atom stereocenters. The molecule has 0 radical (unpaired) electrons. The highest BCUT2D eigenvalue weighted by Crippen LogP contribution is 2.33. The van der Waals surface area contributed by atoms with Crippen molar-refractivity contribution in [3.05, 3.63) is 0 Å². The van der Waals surface area contributed by atoms with Crippen molar-refractivity contribution in [1.29, 1.82) is 0 Å². The van der Waals surface area contributed by atoms with Crippen LogP contribution in [0.3, 0.4) is 0 Å². The van der Waals surface area contributed by atoms with E-state index in [1.807, 2.05) is 0 Å². The predicted octanol–water partition coefficient (Wildman–Crippen LogP) is -2.27. The van der Waals surface area contributed by atoms with Crippen LogP contribution >= 0.6 is 0 Å². The average Bonchev–Trinajstić information content (AvgIpc) is 2.92. The van der Waals surface area contributed by atoms with Gasteiger partial charge in [0, 0.05) is 13.1 Å².